The van der Waals surface area contributed by atoms with Gasteiger partial charge in [-0.05, 0) is 6.42 Å². The van der Waals surface area contributed by atoms with Crippen molar-refractivity contribution in [3.8, 4) is 0 Å². The molecule has 0 atom stereocenters. The predicted octanol–water partition coefficient (Wildman–Crippen LogP) is 2.05. The summed E-state index contributed by atoms with van der Waals surface area (Å²) in [7, 11) is 0. The van der Waals surface area contributed by atoms with Gasteiger partial charge in [-0.2, -0.15) is 15.0 Å². The number of rotatable bonds is 5. The number of hydrogen-bond acceptors (Lipinski definition) is 6. The molecule has 0 bridgehead atoms. The van der Waals surface area contributed by atoms with E-state index in [1.807, 2.05) is 0 Å². The Kier molecular flexibility index (Phi) is 5.03. The topological polar surface area (TPSA) is 50.7 Å². The lowest BCUT2D eigenvalue weighted by Gasteiger charge is -2.04. The van der Waals surface area contributed by atoms with Gasteiger partial charge < -0.3 is 5.32 Å². The summed E-state index contributed by atoms with van der Waals surface area (Å²) in [6.07, 6.45) is 3.53. The standard InChI is InChI=1S/C8H14N4S2/c1-2-3-4-5-9-6-10-7(13)12-8(14)11-6/h2-5H2,1H3,(H3,9,10,11,12,13,14). The van der Waals surface area contributed by atoms with E-state index < -0.39 is 0 Å². The molecule has 1 heterocycles. The van der Waals surface area contributed by atoms with Crippen molar-refractivity contribution in [3.05, 3.63) is 0 Å². The fourth-order valence-corrected chi connectivity index (χ4v) is 1.47. The Bertz CT molecular complexity index is 272. The highest BCUT2D eigenvalue weighted by atomic mass is 32.1. The van der Waals surface area contributed by atoms with Crippen LogP contribution >= 0.6 is 25.3 Å². The molecule has 1 aromatic rings. The second kappa shape index (κ2) is 6.08. The number of hydrogen-bond donors (Lipinski definition) is 3. The zero-order chi connectivity index (χ0) is 10.4. The van der Waals surface area contributed by atoms with Gasteiger partial charge in [-0.15, -0.1) is 25.3 Å². The lowest BCUT2D eigenvalue weighted by Crippen LogP contribution is -2.06. The molecule has 1 N–H and O–H groups in total. The second-order valence-electron chi connectivity index (χ2n) is 2.89. The maximum absolute atomic E-state index is 4.04. The maximum atomic E-state index is 4.04. The van der Waals surface area contributed by atoms with Crippen molar-refractivity contribution in [2.24, 2.45) is 0 Å². The molecule has 0 aliphatic carbocycles. The van der Waals surface area contributed by atoms with Gasteiger partial charge in [0.1, 0.15) is 0 Å². The van der Waals surface area contributed by atoms with E-state index >= 15 is 0 Å². The van der Waals surface area contributed by atoms with Crippen molar-refractivity contribution < 1.29 is 0 Å². The van der Waals surface area contributed by atoms with Crippen LogP contribution in [0.4, 0.5) is 5.95 Å². The van der Waals surface area contributed by atoms with Crippen LogP contribution in [0.2, 0.25) is 0 Å². The first kappa shape index (κ1) is 11.6. The van der Waals surface area contributed by atoms with Gasteiger partial charge >= 0.3 is 0 Å². The average molecular weight is 230 g/mol. The molecule has 1 rings (SSSR count). The summed E-state index contributed by atoms with van der Waals surface area (Å²) in [5.41, 5.74) is 0. The number of aromatic nitrogens is 3. The molecule has 0 unspecified atom stereocenters. The molecule has 6 heteroatoms. The Balaban J connectivity index is 2.42. The summed E-state index contributed by atoms with van der Waals surface area (Å²) in [6.45, 7) is 3.04. The van der Waals surface area contributed by atoms with Crippen LogP contribution in [0.15, 0.2) is 10.3 Å². The molecule has 0 fully saturated rings. The van der Waals surface area contributed by atoms with Gasteiger partial charge in [-0.3, -0.25) is 0 Å². The van der Waals surface area contributed by atoms with Gasteiger partial charge in [0.05, 0.1) is 0 Å². The van der Waals surface area contributed by atoms with Crippen molar-refractivity contribution in [3.63, 3.8) is 0 Å². The van der Waals surface area contributed by atoms with Crippen molar-refractivity contribution >= 4 is 31.2 Å². The Labute approximate surface area is 94.8 Å². The molecule has 0 aliphatic heterocycles. The SMILES string of the molecule is CCCCCNc1nc(S)nc(S)n1. The molecule has 0 spiro atoms. The normalized spacial score (nSPS) is 10.2. The van der Waals surface area contributed by atoms with Crippen molar-refractivity contribution in [2.75, 3.05) is 11.9 Å². The fourth-order valence-electron chi connectivity index (χ4n) is 1.01. The molecule has 0 amide bonds. The van der Waals surface area contributed by atoms with Crippen LogP contribution in [-0.4, -0.2) is 21.5 Å². The Morgan fingerprint density at radius 3 is 2.29 bits per heavy atom. The van der Waals surface area contributed by atoms with Gasteiger partial charge in [-0.1, -0.05) is 19.8 Å². The first-order valence-corrected chi connectivity index (χ1v) is 5.49. The minimum atomic E-state index is 0.392. The van der Waals surface area contributed by atoms with Crippen LogP contribution in [0.3, 0.4) is 0 Å². The zero-order valence-corrected chi connectivity index (χ0v) is 9.85. The summed E-state index contributed by atoms with van der Waals surface area (Å²) in [6, 6.07) is 0. The third-order valence-electron chi connectivity index (χ3n) is 1.68. The van der Waals surface area contributed by atoms with E-state index in [9.17, 15) is 0 Å². The van der Waals surface area contributed by atoms with Gasteiger partial charge in [-0.25, -0.2) is 0 Å². The summed E-state index contributed by atoms with van der Waals surface area (Å²) < 4.78 is 0. The van der Waals surface area contributed by atoms with E-state index in [4.69, 9.17) is 0 Å². The molecule has 0 radical (unpaired) electrons. The average Bonchev–Trinajstić information content (AvgIpc) is 2.11. The molecule has 0 aromatic carbocycles. The molecule has 4 nitrogen and oxygen atoms in total. The summed E-state index contributed by atoms with van der Waals surface area (Å²) in [5, 5.41) is 3.88. The minimum Gasteiger partial charge on any atom is -0.354 e. The van der Waals surface area contributed by atoms with E-state index in [1.54, 1.807) is 0 Å². The van der Waals surface area contributed by atoms with Gasteiger partial charge in [0.25, 0.3) is 0 Å². The Hall–Kier alpha value is -0.490. The van der Waals surface area contributed by atoms with E-state index in [0.717, 1.165) is 13.0 Å². The van der Waals surface area contributed by atoms with Crippen molar-refractivity contribution in [2.45, 2.75) is 36.5 Å². The highest BCUT2D eigenvalue weighted by Crippen LogP contribution is 2.07. The predicted molar refractivity (Wildman–Crippen MR) is 62.3 cm³/mol. The third-order valence-corrected chi connectivity index (χ3v) is 2.08. The number of nitrogens with zero attached hydrogens (tertiary/aromatic N) is 3. The molecule has 0 saturated carbocycles. The Morgan fingerprint density at radius 1 is 1.07 bits per heavy atom. The number of anilines is 1. The number of unbranched alkanes of at least 4 members (excludes halogenated alkanes) is 2. The minimum absolute atomic E-state index is 0.392. The molecule has 1 aromatic heterocycles. The number of thiol groups is 2. The fraction of sp³-hybridized carbons (Fsp3) is 0.625. The van der Waals surface area contributed by atoms with E-state index in [2.05, 4.69) is 52.5 Å². The zero-order valence-electron chi connectivity index (χ0n) is 8.06. The molecule has 78 valence electrons. The van der Waals surface area contributed by atoms with E-state index in [1.165, 1.54) is 12.8 Å². The van der Waals surface area contributed by atoms with Gasteiger partial charge in [0, 0.05) is 6.54 Å². The largest absolute Gasteiger partial charge is 0.354 e. The van der Waals surface area contributed by atoms with Crippen LogP contribution in [-0.2, 0) is 0 Å². The van der Waals surface area contributed by atoms with Crippen molar-refractivity contribution in [1.82, 2.24) is 15.0 Å². The lowest BCUT2D eigenvalue weighted by molar-refractivity contribution is 0.731. The summed E-state index contributed by atoms with van der Waals surface area (Å²) >= 11 is 8.07. The van der Waals surface area contributed by atoms with Crippen molar-refractivity contribution in [1.29, 1.82) is 0 Å². The smallest absolute Gasteiger partial charge is 0.227 e. The third kappa shape index (κ3) is 4.15. The molecule has 0 aliphatic rings. The molecular formula is C8H14N4S2. The van der Waals surface area contributed by atoms with Gasteiger partial charge in [0.2, 0.25) is 5.95 Å². The lowest BCUT2D eigenvalue weighted by atomic mass is 10.2. The van der Waals surface area contributed by atoms with Crippen LogP contribution in [0.5, 0.6) is 0 Å². The first-order chi connectivity index (χ1) is 6.72. The maximum Gasteiger partial charge on any atom is 0.227 e. The first-order valence-electron chi connectivity index (χ1n) is 4.60. The van der Waals surface area contributed by atoms with Crippen LogP contribution in [0.1, 0.15) is 26.2 Å². The quantitative estimate of drug-likeness (QED) is 0.535. The molecule has 0 saturated heterocycles. The molecule has 14 heavy (non-hydrogen) atoms. The highest BCUT2D eigenvalue weighted by Gasteiger charge is 1.99. The van der Waals surface area contributed by atoms with E-state index in [0.29, 0.717) is 16.3 Å². The van der Waals surface area contributed by atoms with Gasteiger partial charge in [0.15, 0.2) is 10.3 Å². The van der Waals surface area contributed by atoms with Crippen LogP contribution < -0.4 is 5.32 Å². The summed E-state index contributed by atoms with van der Waals surface area (Å²) in [5.74, 6) is 0.547. The summed E-state index contributed by atoms with van der Waals surface area (Å²) in [4.78, 5) is 11.9. The number of nitrogens with one attached hydrogen (secondary N) is 1. The Morgan fingerprint density at radius 2 is 1.71 bits per heavy atom. The second-order valence-corrected chi connectivity index (χ2v) is 3.69. The highest BCUT2D eigenvalue weighted by molar-refractivity contribution is 7.80. The van der Waals surface area contributed by atoms with E-state index in [-0.39, 0.29) is 0 Å². The monoisotopic (exact) mass is 230 g/mol. The molecular weight excluding hydrogens is 216 g/mol. The van der Waals surface area contributed by atoms with Crippen LogP contribution in [0.25, 0.3) is 0 Å². The van der Waals surface area contributed by atoms with Crippen LogP contribution in [0, 0.1) is 0 Å².